The minimum atomic E-state index is -2.27. The Hall–Kier alpha value is -4.89. The second-order valence-corrected chi connectivity index (χ2v) is 13.7. The van der Waals surface area contributed by atoms with Crippen molar-refractivity contribution in [3.63, 3.8) is 0 Å². The molecule has 2 aliphatic rings. The summed E-state index contributed by atoms with van der Waals surface area (Å²) in [5.74, 6) is -10.4. The summed E-state index contributed by atoms with van der Waals surface area (Å²) in [5, 5.41) is 97.6. The molecule has 0 saturated carbocycles. The predicted octanol–water partition coefficient (Wildman–Crippen LogP) is -3.99. The first-order valence-corrected chi connectivity index (χ1v) is 18.2. The number of nitrogens with zero attached hydrogens (tertiary/aromatic N) is 3. The van der Waals surface area contributed by atoms with Gasteiger partial charge < -0.3 is 86.2 Å². The van der Waals surface area contributed by atoms with Crippen LogP contribution in [0, 0.1) is 5.92 Å². The van der Waals surface area contributed by atoms with Crippen LogP contribution in [0.4, 0.5) is 0 Å². The fraction of sp³-hybridized carbons (Fsp3) is 0.639. The van der Waals surface area contributed by atoms with Gasteiger partial charge >= 0.3 is 41.8 Å². The molecule has 60 heavy (non-hydrogen) atoms. The number of aliphatic hydroxyl groups excluding tert-OH is 6. The molecule has 24 heteroatoms. The zero-order chi connectivity index (χ0) is 45.8. The second-order valence-electron chi connectivity index (χ2n) is 13.7. The van der Waals surface area contributed by atoms with Crippen LogP contribution in [0.2, 0.25) is 0 Å². The van der Waals surface area contributed by atoms with E-state index < -0.39 is 78.0 Å². The smallest absolute Gasteiger partial charge is 0.335 e. The highest BCUT2D eigenvalue weighted by atomic mass is 16.6. The molecule has 0 aromatic heterocycles. The number of carboxylic acid groups (broad SMARTS) is 6. The number of esters is 1. The van der Waals surface area contributed by atoms with E-state index in [1.54, 1.807) is 0 Å². The van der Waals surface area contributed by atoms with Crippen LogP contribution in [0.3, 0.4) is 0 Å². The highest BCUT2D eigenvalue weighted by Crippen LogP contribution is 2.43. The average Bonchev–Trinajstić information content (AvgIpc) is 3.19. The van der Waals surface area contributed by atoms with E-state index in [2.05, 4.69) is 59.9 Å². The van der Waals surface area contributed by atoms with E-state index in [1.807, 2.05) is 13.0 Å². The zero-order valence-corrected chi connectivity index (χ0v) is 33.6. The molecule has 14 N–H and O–H groups in total. The van der Waals surface area contributed by atoms with Crippen molar-refractivity contribution >= 4 is 41.8 Å². The number of ether oxygens (including phenoxy) is 1. The maximum Gasteiger partial charge on any atom is 0.335 e. The Kier molecular flexibility index (Phi) is 26.5. The molecule has 0 spiro atoms. The van der Waals surface area contributed by atoms with Gasteiger partial charge in [0.05, 0.1) is 0 Å². The van der Waals surface area contributed by atoms with Crippen LogP contribution in [-0.4, -0.2) is 219 Å². The van der Waals surface area contributed by atoms with E-state index in [9.17, 15) is 33.6 Å². The largest absolute Gasteiger partial charge is 0.479 e. The number of aliphatic hydroxyl groups is 6. The number of carbonyl (C=O) groups is 7. The van der Waals surface area contributed by atoms with Gasteiger partial charge in [0.15, 0.2) is 36.6 Å². The molecule has 2 fully saturated rings. The molecule has 9 atom stereocenters. The molecule has 0 bridgehead atoms. The lowest BCUT2D eigenvalue weighted by Crippen LogP contribution is -2.55. The van der Waals surface area contributed by atoms with Crippen molar-refractivity contribution in [2.24, 2.45) is 5.92 Å². The molecule has 344 valence electrons. The van der Waals surface area contributed by atoms with Crippen molar-refractivity contribution in [3.8, 4) is 0 Å². The van der Waals surface area contributed by atoms with E-state index in [0.717, 1.165) is 25.1 Å². The molecule has 2 aliphatic heterocycles. The first-order valence-electron chi connectivity index (χ1n) is 18.2. The van der Waals surface area contributed by atoms with Gasteiger partial charge in [-0.3, -0.25) is 4.79 Å². The maximum absolute atomic E-state index is 12.3. The van der Waals surface area contributed by atoms with Gasteiger partial charge in [-0.25, -0.2) is 28.8 Å². The number of piperidine rings is 1. The first kappa shape index (κ1) is 57.2. The zero-order valence-electron chi connectivity index (χ0n) is 33.6. The minimum absolute atomic E-state index is 0. The van der Waals surface area contributed by atoms with Crippen LogP contribution < -0.4 is 0 Å². The van der Waals surface area contributed by atoms with Gasteiger partial charge in [-0.2, -0.15) is 0 Å². The van der Waals surface area contributed by atoms with Crippen molar-refractivity contribution in [1.82, 2.24) is 14.7 Å². The number of carbonyl (C=O) groups excluding carboxylic acids is 1. The van der Waals surface area contributed by atoms with E-state index in [4.69, 9.17) is 66.0 Å². The normalized spacial score (nSPS) is 22.2. The third-order valence-electron chi connectivity index (χ3n) is 9.30. The van der Waals surface area contributed by atoms with Crippen molar-refractivity contribution < 1.29 is 105 Å². The van der Waals surface area contributed by atoms with Gasteiger partial charge in [-0.15, -0.1) is 0 Å². The van der Waals surface area contributed by atoms with Crippen molar-refractivity contribution in [2.75, 3.05) is 52.9 Å². The molecule has 3 rings (SSSR count). The number of carboxylic acids is 6. The molecule has 2 saturated heterocycles. The molecule has 2 heterocycles. The Morgan fingerprint density at radius 1 is 0.650 bits per heavy atom. The van der Waals surface area contributed by atoms with E-state index in [-0.39, 0.29) is 17.4 Å². The monoisotopic (exact) mass is 869 g/mol. The van der Waals surface area contributed by atoms with Gasteiger partial charge in [0.2, 0.25) is 0 Å². The Bertz CT molecular complexity index is 1370. The minimum Gasteiger partial charge on any atom is -0.479 e. The van der Waals surface area contributed by atoms with Crippen molar-refractivity contribution in [2.45, 2.75) is 88.3 Å². The number of rotatable bonds is 16. The van der Waals surface area contributed by atoms with E-state index in [1.165, 1.54) is 39.1 Å². The number of aliphatic carboxylic acids is 6. The number of benzene rings is 1. The lowest BCUT2D eigenvalue weighted by molar-refractivity contribution is -0.178. The number of hydrogen-bond acceptors (Lipinski definition) is 17. The summed E-state index contributed by atoms with van der Waals surface area (Å²) < 4.78 is 6.18. The van der Waals surface area contributed by atoms with Crippen LogP contribution in [0.1, 0.15) is 45.6 Å². The molecule has 0 radical (unpaired) electrons. The lowest BCUT2D eigenvalue weighted by atomic mass is 9.74. The molecule has 0 aliphatic carbocycles. The van der Waals surface area contributed by atoms with Crippen molar-refractivity contribution in [3.05, 3.63) is 35.9 Å². The third kappa shape index (κ3) is 19.0. The van der Waals surface area contributed by atoms with Crippen molar-refractivity contribution in [1.29, 1.82) is 0 Å². The fourth-order valence-electron chi connectivity index (χ4n) is 5.74. The molecule has 1 aromatic carbocycles. The summed E-state index contributed by atoms with van der Waals surface area (Å²) in [6.45, 7) is 14.4. The number of piperazine rings is 1. The Morgan fingerprint density at radius 2 is 1.02 bits per heavy atom. The summed E-state index contributed by atoms with van der Waals surface area (Å²) in [4.78, 5) is 78.5. The summed E-state index contributed by atoms with van der Waals surface area (Å²) in [5.41, 5.74) is 0.625. The standard InChI is InChI=1S/C24H39N3O2.3C4H6O6.H2O/c1-5-23(28)29-24(22-10-7-6-8-11-22)18-21(3)27(19-20(24)2)13-9-12-26-16-14-25(4)15-17-26;3*5-1(3(7)8)2(6)4(9)10;/h6-8,10-11,20-21H,5,9,12-19H2,1-4H3;3*1-2,5-6H,(H,7,8)(H,9,10);1H2/t;3*1-,2-;/m.111./s1. The Morgan fingerprint density at radius 3 is 1.35 bits per heavy atom. The molecular weight excluding hydrogens is 810 g/mol. The van der Waals surface area contributed by atoms with Crippen LogP contribution in [0.5, 0.6) is 0 Å². The molecular formula is C36H59N3O21. The molecule has 0 amide bonds. The predicted molar refractivity (Wildman–Crippen MR) is 203 cm³/mol. The quantitative estimate of drug-likeness (QED) is 0.0705. The molecule has 24 nitrogen and oxygen atoms in total. The van der Waals surface area contributed by atoms with Crippen LogP contribution in [0.15, 0.2) is 30.3 Å². The molecule has 3 unspecified atom stereocenters. The SMILES string of the molecule is CCC(=O)OC1(c2ccccc2)CC(C)N(CCCN2CCN(C)CC2)CC1C.O.O=C(O)[C@H](O)[C@@H](O)C(=O)O.O=C(O)[C@H](O)[C@@H](O)C(=O)O.O=C(O)[C@H](O)[C@@H](O)C(=O)O. The van der Waals surface area contributed by atoms with Crippen LogP contribution >= 0.6 is 0 Å². The summed E-state index contributed by atoms with van der Waals surface area (Å²) in [7, 11) is 2.21. The lowest BCUT2D eigenvalue weighted by Gasteiger charge is -2.49. The molecule has 1 aromatic rings. The number of hydrogen-bond donors (Lipinski definition) is 12. The van der Waals surface area contributed by atoms with E-state index in [0.29, 0.717) is 12.5 Å². The van der Waals surface area contributed by atoms with Gasteiger partial charge in [0.25, 0.3) is 0 Å². The van der Waals surface area contributed by atoms with Gasteiger partial charge in [-0.1, -0.05) is 44.2 Å². The van der Waals surface area contributed by atoms with Gasteiger partial charge in [-0.05, 0) is 39.0 Å². The van der Waals surface area contributed by atoms with Gasteiger partial charge in [0.1, 0.15) is 5.60 Å². The topological polar surface area (TPSA) is 413 Å². The van der Waals surface area contributed by atoms with Crippen LogP contribution in [0.25, 0.3) is 0 Å². The maximum atomic E-state index is 12.3. The third-order valence-corrected chi connectivity index (χ3v) is 9.30. The Labute approximate surface area is 344 Å². The fourth-order valence-corrected chi connectivity index (χ4v) is 5.74. The summed E-state index contributed by atoms with van der Waals surface area (Å²) >= 11 is 0. The average molecular weight is 870 g/mol. The first-order chi connectivity index (χ1) is 27.3. The van der Waals surface area contributed by atoms with Gasteiger partial charge in [0, 0.05) is 57.5 Å². The van der Waals surface area contributed by atoms with Crippen LogP contribution in [-0.2, 0) is 43.9 Å². The highest BCUT2D eigenvalue weighted by Gasteiger charge is 2.47. The summed E-state index contributed by atoms with van der Waals surface area (Å²) in [6, 6.07) is 10.8. The Balaban J connectivity index is 0. The highest BCUT2D eigenvalue weighted by molar-refractivity contribution is 5.84. The number of likely N-dealkylation sites (tertiary alicyclic amines) is 1. The number of likely N-dealkylation sites (N-methyl/N-ethyl adjacent to an activating group) is 1. The van der Waals surface area contributed by atoms with E-state index >= 15 is 0 Å². The second kappa shape index (κ2) is 27.8. The summed E-state index contributed by atoms with van der Waals surface area (Å²) in [6.07, 6.45) is -11.1.